The average molecular weight is 397 g/mol. The lowest BCUT2D eigenvalue weighted by Gasteiger charge is -2.18. The summed E-state index contributed by atoms with van der Waals surface area (Å²) in [6, 6.07) is 6.73. The van der Waals surface area contributed by atoms with Crippen molar-refractivity contribution in [2.24, 2.45) is 11.8 Å². The first kappa shape index (κ1) is 20.8. The average Bonchev–Trinajstić information content (AvgIpc) is 2.98. The Morgan fingerprint density at radius 3 is 2.07 bits per heavy atom. The SMILES string of the molecule is CCN(CC)C(=O)c1ccc(NC(=O)CCN2C(=O)[C@@H]3CC=CC[C@H]3C2=O)cc1. The normalized spacial score (nSPS) is 20.6. The van der Waals surface area contributed by atoms with Gasteiger partial charge in [-0.05, 0) is 51.0 Å². The van der Waals surface area contributed by atoms with Crippen LogP contribution in [-0.2, 0) is 14.4 Å². The first-order valence-electron chi connectivity index (χ1n) is 10.2. The summed E-state index contributed by atoms with van der Waals surface area (Å²) in [5.41, 5.74) is 1.14. The van der Waals surface area contributed by atoms with Gasteiger partial charge in [0.15, 0.2) is 0 Å². The number of likely N-dealkylation sites (tertiary alicyclic amines) is 1. The minimum Gasteiger partial charge on any atom is -0.339 e. The number of carbonyl (C=O) groups excluding carboxylic acids is 4. The van der Waals surface area contributed by atoms with Gasteiger partial charge in [-0.2, -0.15) is 0 Å². The van der Waals surface area contributed by atoms with Crippen molar-refractivity contribution in [3.63, 3.8) is 0 Å². The first-order valence-corrected chi connectivity index (χ1v) is 10.2. The van der Waals surface area contributed by atoms with E-state index in [9.17, 15) is 19.2 Å². The molecule has 1 saturated heterocycles. The highest BCUT2D eigenvalue weighted by Crippen LogP contribution is 2.35. The molecule has 1 aliphatic heterocycles. The van der Waals surface area contributed by atoms with Crippen molar-refractivity contribution < 1.29 is 19.2 Å². The second kappa shape index (κ2) is 9.03. The number of amides is 4. The third-order valence-corrected chi connectivity index (χ3v) is 5.63. The summed E-state index contributed by atoms with van der Waals surface area (Å²) < 4.78 is 0. The Labute approximate surface area is 170 Å². The Kier molecular flexibility index (Phi) is 6.46. The van der Waals surface area contributed by atoms with Crippen LogP contribution < -0.4 is 5.32 Å². The highest BCUT2D eigenvalue weighted by atomic mass is 16.2. The molecule has 1 heterocycles. The van der Waals surface area contributed by atoms with Gasteiger partial charge in [0.05, 0.1) is 11.8 Å². The van der Waals surface area contributed by atoms with E-state index in [1.54, 1.807) is 29.2 Å². The van der Waals surface area contributed by atoms with E-state index in [1.807, 2.05) is 26.0 Å². The second-order valence-corrected chi connectivity index (χ2v) is 7.34. The number of hydrogen-bond acceptors (Lipinski definition) is 4. The number of anilines is 1. The first-order chi connectivity index (χ1) is 14.0. The molecule has 0 aromatic heterocycles. The Balaban J connectivity index is 1.53. The maximum absolute atomic E-state index is 12.4. The van der Waals surface area contributed by atoms with Crippen LogP contribution in [0.25, 0.3) is 0 Å². The highest BCUT2D eigenvalue weighted by molar-refractivity contribution is 6.06. The van der Waals surface area contributed by atoms with Crippen LogP contribution in [0, 0.1) is 11.8 Å². The van der Waals surface area contributed by atoms with Crippen LogP contribution in [0.15, 0.2) is 36.4 Å². The summed E-state index contributed by atoms with van der Waals surface area (Å²) in [6.07, 6.45) is 5.12. The lowest BCUT2D eigenvalue weighted by atomic mass is 9.85. The molecule has 0 bridgehead atoms. The summed E-state index contributed by atoms with van der Waals surface area (Å²) in [7, 11) is 0. The number of allylic oxidation sites excluding steroid dienone is 2. The molecule has 2 aliphatic rings. The van der Waals surface area contributed by atoms with Gasteiger partial charge >= 0.3 is 0 Å². The number of hydrogen-bond donors (Lipinski definition) is 1. The maximum Gasteiger partial charge on any atom is 0.253 e. The topological polar surface area (TPSA) is 86.8 Å². The molecule has 1 fully saturated rings. The molecule has 2 atom stereocenters. The molecule has 0 unspecified atom stereocenters. The molecule has 0 spiro atoms. The Bertz CT molecular complexity index is 801. The number of carbonyl (C=O) groups is 4. The summed E-state index contributed by atoms with van der Waals surface area (Å²) in [4.78, 5) is 52.4. The maximum atomic E-state index is 12.4. The lowest BCUT2D eigenvalue weighted by Crippen LogP contribution is -2.34. The van der Waals surface area contributed by atoms with Gasteiger partial charge in [0.1, 0.15) is 0 Å². The van der Waals surface area contributed by atoms with Crippen LogP contribution in [0.2, 0.25) is 0 Å². The minimum absolute atomic E-state index is 0.0461. The van der Waals surface area contributed by atoms with Gasteiger partial charge in [-0.15, -0.1) is 0 Å². The largest absolute Gasteiger partial charge is 0.339 e. The number of rotatable bonds is 7. The molecule has 1 N–H and O–H groups in total. The molecule has 1 aliphatic carbocycles. The zero-order chi connectivity index (χ0) is 21.0. The monoisotopic (exact) mass is 397 g/mol. The van der Waals surface area contributed by atoms with Crippen LogP contribution in [0.4, 0.5) is 5.69 Å². The zero-order valence-corrected chi connectivity index (χ0v) is 16.9. The van der Waals surface area contributed by atoms with E-state index in [0.29, 0.717) is 37.2 Å². The number of fused-ring (bicyclic) bond motifs is 1. The van der Waals surface area contributed by atoms with E-state index < -0.39 is 0 Å². The summed E-state index contributed by atoms with van der Waals surface area (Å²) in [5, 5.41) is 2.76. The fourth-order valence-electron chi connectivity index (χ4n) is 3.92. The predicted molar refractivity (Wildman–Crippen MR) is 109 cm³/mol. The fourth-order valence-corrected chi connectivity index (χ4v) is 3.92. The molecule has 154 valence electrons. The Morgan fingerprint density at radius 1 is 1.00 bits per heavy atom. The molecule has 3 rings (SSSR count). The molecular weight excluding hydrogens is 370 g/mol. The standard InChI is InChI=1S/C22H27N3O4/c1-3-24(4-2)20(27)15-9-11-16(12-10-15)23-19(26)13-14-25-21(28)17-7-5-6-8-18(17)22(25)29/h5-6,9-12,17-18H,3-4,7-8,13-14H2,1-2H3,(H,23,26)/t17-,18-/m1/s1. The van der Waals surface area contributed by atoms with Gasteiger partial charge in [0.2, 0.25) is 17.7 Å². The third kappa shape index (κ3) is 4.39. The second-order valence-electron chi connectivity index (χ2n) is 7.34. The summed E-state index contributed by atoms with van der Waals surface area (Å²) in [5.74, 6) is -1.21. The molecule has 0 saturated carbocycles. The van der Waals surface area contributed by atoms with Crippen molar-refractivity contribution in [3.05, 3.63) is 42.0 Å². The van der Waals surface area contributed by atoms with Crippen LogP contribution >= 0.6 is 0 Å². The quantitative estimate of drug-likeness (QED) is 0.566. The molecule has 7 heteroatoms. The molecule has 1 aromatic carbocycles. The van der Waals surface area contributed by atoms with Crippen LogP contribution in [0.1, 0.15) is 43.5 Å². The lowest BCUT2D eigenvalue weighted by molar-refractivity contribution is -0.140. The number of nitrogens with one attached hydrogen (secondary N) is 1. The van der Waals surface area contributed by atoms with E-state index in [0.717, 1.165) is 0 Å². The van der Waals surface area contributed by atoms with Gasteiger partial charge in [-0.1, -0.05) is 12.2 Å². The van der Waals surface area contributed by atoms with Gasteiger partial charge in [0, 0.05) is 37.3 Å². The van der Waals surface area contributed by atoms with Crippen molar-refractivity contribution in [1.29, 1.82) is 0 Å². The molecule has 7 nitrogen and oxygen atoms in total. The van der Waals surface area contributed by atoms with Gasteiger partial charge in [-0.3, -0.25) is 24.1 Å². The van der Waals surface area contributed by atoms with E-state index in [1.165, 1.54) is 4.90 Å². The molecule has 4 amide bonds. The number of nitrogens with zero attached hydrogens (tertiary/aromatic N) is 2. The Hall–Kier alpha value is -2.96. The zero-order valence-electron chi connectivity index (χ0n) is 16.9. The smallest absolute Gasteiger partial charge is 0.253 e. The van der Waals surface area contributed by atoms with Gasteiger partial charge in [0.25, 0.3) is 5.91 Å². The molecule has 29 heavy (non-hydrogen) atoms. The number of imide groups is 1. The van der Waals surface area contributed by atoms with Crippen molar-refractivity contribution in [2.75, 3.05) is 25.0 Å². The van der Waals surface area contributed by atoms with Crippen molar-refractivity contribution in [2.45, 2.75) is 33.1 Å². The van der Waals surface area contributed by atoms with Crippen molar-refractivity contribution in [1.82, 2.24) is 9.80 Å². The van der Waals surface area contributed by atoms with Crippen LogP contribution in [-0.4, -0.2) is 53.1 Å². The van der Waals surface area contributed by atoms with E-state index in [2.05, 4.69) is 5.32 Å². The third-order valence-electron chi connectivity index (χ3n) is 5.63. The van der Waals surface area contributed by atoms with Crippen molar-refractivity contribution >= 4 is 29.3 Å². The number of benzene rings is 1. The van der Waals surface area contributed by atoms with E-state index in [-0.39, 0.29) is 48.4 Å². The van der Waals surface area contributed by atoms with Gasteiger partial charge in [-0.25, -0.2) is 0 Å². The minimum atomic E-state index is -0.276. The fraction of sp³-hybridized carbons (Fsp3) is 0.455. The van der Waals surface area contributed by atoms with Gasteiger partial charge < -0.3 is 10.2 Å². The highest BCUT2D eigenvalue weighted by Gasteiger charge is 2.46. The van der Waals surface area contributed by atoms with Crippen molar-refractivity contribution in [3.8, 4) is 0 Å². The Morgan fingerprint density at radius 2 is 1.55 bits per heavy atom. The summed E-state index contributed by atoms with van der Waals surface area (Å²) in [6.45, 7) is 5.22. The molecule has 1 aromatic rings. The molecule has 0 radical (unpaired) electrons. The predicted octanol–water partition coefficient (Wildman–Crippen LogP) is 2.45. The van der Waals surface area contributed by atoms with Crippen LogP contribution in [0.3, 0.4) is 0 Å². The van der Waals surface area contributed by atoms with E-state index >= 15 is 0 Å². The molecular formula is C22H27N3O4. The summed E-state index contributed by atoms with van der Waals surface area (Å²) >= 11 is 0. The van der Waals surface area contributed by atoms with E-state index in [4.69, 9.17) is 0 Å². The van der Waals surface area contributed by atoms with Crippen LogP contribution in [0.5, 0.6) is 0 Å².